The molecule has 0 fully saturated rings. The molecule has 7 heteroatoms. The topological polar surface area (TPSA) is 78.5 Å². The van der Waals surface area contributed by atoms with Crippen LogP contribution in [-0.2, 0) is 6.54 Å². The molecule has 0 radical (unpaired) electrons. The van der Waals surface area contributed by atoms with Crippen molar-refractivity contribution in [3.05, 3.63) is 27.7 Å². The number of rotatable bonds is 3. The summed E-state index contributed by atoms with van der Waals surface area (Å²) >= 11 is 1.54. The lowest BCUT2D eigenvalue weighted by Crippen LogP contribution is -3.00. The number of hydrogen-bond donors (Lipinski definition) is 3. The molecule has 0 saturated carbocycles. The van der Waals surface area contributed by atoms with E-state index in [1.807, 2.05) is 24.6 Å². The van der Waals surface area contributed by atoms with Gasteiger partial charge in [-0.25, -0.2) is 0 Å². The maximum absolute atomic E-state index is 9.71. The molecule has 0 aliphatic carbocycles. The summed E-state index contributed by atoms with van der Waals surface area (Å²) in [6.07, 6.45) is 3.49. The van der Waals surface area contributed by atoms with Gasteiger partial charge in [0.15, 0.2) is 11.5 Å². The van der Waals surface area contributed by atoms with Crippen molar-refractivity contribution in [2.45, 2.75) is 20.4 Å². The summed E-state index contributed by atoms with van der Waals surface area (Å²) in [5.74, 6) is -1.18. The predicted octanol–water partition coefficient (Wildman–Crippen LogP) is -0.155. The number of aryl methyl sites for hydroxylation is 2. The highest BCUT2D eigenvalue weighted by atomic mass is 35.5. The van der Waals surface area contributed by atoms with Crippen molar-refractivity contribution < 1.29 is 27.7 Å². The zero-order valence-corrected chi connectivity index (χ0v) is 12.6. The van der Waals surface area contributed by atoms with Crippen LogP contribution in [-0.4, -0.2) is 25.1 Å². The van der Waals surface area contributed by atoms with Crippen molar-refractivity contribution in [3.63, 3.8) is 0 Å². The van der Waals surface area contributed by atoms with Crippen LogP contribution in [0.25, 0.3) is 12.2 Å². The van der Waals surface area contributed by atoms with Gasteiger partial charge in [0.1, 0.15) is 0 Å². The summed E-state index contributed by atoms with van der Waals surface area (Å²) < 4.78 is 1.85. The minimum Gasteiger partial charge on any atom is -1.00 e. The third-order valence-electron chi connectivity index (χ3n) is 2.63. The first-order chi connectivity index (χ1) is 9.02. The van der Waals surface area contributed by atoms with Crippen molar-refractivity contribution in [1.82, 2.24) is 9.78 Å². The summed E-state index contributed by atoms with van der Waals surface area (Å²) in [5, 5.41) is 34.6. The maximum atomic E-state index is 9.71. The van der Waals surface area contributed by atoms with E-state index in [4.69, 9.17) is 0 Å². The fraction of sp³-hybridized carbons (Fsp3) is 0.231. The molecular formula is C13H15ClN2O3S. The van der Waals surface area contributed by atoms with E-state index in [9.17, 15) is 15.3 Å². The van der Waals surface area contributed by atoms with Crippen LogP contribution in [0.4, 0.5) is 0 Å². The second kappa shape index (κ2) is 6.58. The average Bonchev–Trinajstić information content (AvgIpc) is 2.75. The molecule has 1 heterocycles. The molecule has 0 aliphatic heterocycles. The Hall–Kier alpha value is -1.79. The van der Waals surface area contributed by atoms with Crippen LogP contribution in [0.1, 0.15) is 22.5 Å². The number of nitrogens with zero attached hydrogens (tertiary/aromatic N) is 2. The molecule has 0 saturated heterocycles. The molecule has 0 atom stereocenters. The fourth-order valence-electron chi connectivity index (χ4n) is 1.67. The van der Waals surface area contributed by atoms with Gasteiger partial charge in [-0.1, -0.05) is 5.10 Å². The van der Waals surface area contributed by atoms with Crippen LogP contribution < -0.4 is 12.4 Å². The first kappa shape index (κ1) is 16.3. The lowest BCUT2D eigenvalue weighted by atomic mass is 10.1. The highest BCUT2D eigenvalue weighted by Gasteiger charge is 2.13. The molecule has 0 bridgehead atoms. The van der Waals surface area contributed by atoms with Crippen molar-refractivity contribution >= 4 is 23.5 Å². The number of halogens is 1. The van der Waals surface area contributed by atoms with E-state index in [0.717, 1.165) is 16.6 Å². The number of phenolic OH excluding ortho intramolecular Hbond substituents is 3. The van der Waals surface area contributed by atoms with Gasteiger partial charge in [-0.3, -0.25) is 0 Å². The van der Waals surface area contributed by atoms with E-state index >= 15 is 0 Å². The molecule has 2 aromatic rings. The van der Waals surface area contributed by atoms with Gasteiger partial charge in [0.2, 0.25) is 15.8 Å². The first-order valence-corrected chi connectivity index (χ1v) is 6.64. The molecule has 2 rings (SSSR count). The summed E-state index contributed by atoms with van der Waals surface area (Å²) in [4.78, 5) is 0. The molecule has 0 spiro atoms. The van der Waals surface area contributed by atoms with Crippen LogP contribution in [0, 0.1) is 6.92 Å². The number of aromatic nitrogens is 2. The van der Waals surface area contributed by atoms with Crippen molar-refractivity contribution in [2.75, 3.05) is 0 Å². The Labute approximate surface area is 126 Å². The highest BCUT2D eigenvalue weighted by Crippen LogP contribution is 2.37. The zero-order chi connectivity index (χ0) is 14.0. The zero-order valence-electron chi connectivity index (χ0n) is 11.0. The standard InChI is InChI=1S/C13H14N2O3S.ClH/c1-3-15-11(19-8(2)14-15)7-5-9-4-6-10(16)13(18)12(9)17;/h4-7H,3H2,1-2H3,(H2-,16,17,18);1H. The Balaban J connectivity index is 0.00000200. The largest absolute Gasteiger partial charge is 1.00 e. The number of aromatic hydroxyl groups is 3. The van der Waals surface area contributed by atoms with Crippen LogP contribution in [0.15, 0.2) is 12.1 Å². The summed E-state index contributed by atoms with van der Waals surface area (Å²) in [6, 6.07) is 2.87. The third-order valence-corrected chi connectivity index (χ3v) is 3.57. The number of phenols is 3. The first-order valence-electron chi connectivity index (χ1n) is 5.82. The molecule has 20 heavy (non-hydrogen) atoms. The molecule has 108 valence electrons. The van der Waals surface area contributed by atoms with E-state index in [1.165, 1.54) is 12.1 Å². The molecule has 3 N–H and O–H groups in total. The van der Waals surface area contributed by atoms with Gasteiger partial charge in [-0.15, -0.1) is 0 Å². The van der Waals surface area contributed by atoms with Crippen molar-refractivity contribution in [1.29, 1.82) is 0 Å². The van der Waals surface area contributed by atoms with E-state index in [-0.39, 0.29) is 23.9 Å². The second-order valence-corrected chi connectivity index (χ2v) is 5.19. The molecule has 5 nitrogen and oxygen atoms in total. The van der Waals surface area contributed by atoms with Gasteiger partial charge in [0.25, 0.3) is 0 Å². The Morgan fingerprint density at radius 3 is 2.65 bits per heavy atom. The minimum absolute atomic E-state index is 0. The Morgan fingerprint density at radius 1 is 1.30 bits per heavy atom. The van der Waals surface area contributed by atoms with Crippen LogP contribution >= 0.6 is 11.3 Å². The maximum Gasteiger partial charge on any atom is 0.219 e. The van der Waals surface area contributed by atoms with Gasteiger partial charge in [-0.05, 0) is 19.1 Å². The van der Waals surface area contributed by atoms with Gasteiger partial charge in [0.05, 0.1) is 18.2 Å². The van der Waals surface area contributed by atoms with E-state index in [2.05, 4.69) is 5.10 Å². The molecular weight excluding hydrogens is 300 g/mol. The van der Waals surface area contributed by atoms with Gasteiger partial charge in [-0.2, -0.15) is 4.68 Å². The van der Waals surface area contributed by atoms with Crippen LogP contribution in [0.3, 0.4) is 0 Å². The van der Waals surface area contributed by atoms with Crippen LogP contribution in [0.5, 0.6) is 17.2 Å². The van der Waals surface area contributed by atoms with E-state index in [0.29, 0.717) is 5.56 Å². The van der Waals surface area contributed by atoms with Gasteiger partial charge >= 0.3 is 0 Å². The fourth-order valence-corrected chi connectivity index (χ4v) is 2.52. The smallest absolute Gasteiger partial charge is 0.219 e. The SMILES string of the molecule is CCn1nc(C)s[c+]1C=Cc1ccc(O)c(O)c1O.[Cl-]. The summed E-state index contributed by atoms with van der Waals surface area (Å²) in [5.41, 5.74) is 0.434. The molecule has 1 aromatic carbocycles. The van der Waals surface area contributed by atoms with Gasteiger partial charge in [0, 0.05) is 24.3 Å². The normalized spacial score (nSPS) is 10.7. The second-order valence-electron chi connectivity index (χ2n) is 3.98. The Morgan fingerprint density at radius 2 is 2.00 bits per heavy atom. The third kappa shape index (κ3) is 3.20. The quantitative estimate of drug-likeness (QED) is 0.544. The van der Waals surface area contributed by atoms with Crippen LogP contribution in [0.2, 0.25) is 0 Å². The molecule has 0 unspecified atom stereocenters. The van der Waals surface area contributed by atoms with Crippen molar-refractivity contribution in [2.24, 2.45) is 0 Å². The summed E-state index contributed by atoms with van der Waals surface area (Å²) in [6.45, 7) is 4.69. The lowest BCUT2D eigenvalue weighted by molar-refractivity contribution is -0.00000649. The predicted molar refractivity (Wildman–Crippen MR) is 75.3 cm³/mol. The molecule has 0 amide bonds. The van der Waals surface area contributed by atoms with E-state index in [1.54, 1.807) is 17.4 Å². The number of hydrogen-bond acceptors (Lipinski definition) is 5. The summed E-state index contributed by atoms with van der Waals surface area (Å²) in [7, 11) is 0. The number of benzene rings is 1. The van der Waals surface area contributed by atoms with E-state index < -0.39 is 5.75 Å². The molecule has 0 aliphatic rings. The highest BCUT2D eigenvalue weighted by molar-refractivity contribution is 7.12. The lowest BCUT2D eigenvalue weighted by Gasteiger charge is -2.01. The Bertz CT molecular complexity index is 641. The Kier molecular flexibility index (Phi) is 5.35. The van der Waals surface area contributed by atoms with Gasteiger partial charge < -0.3 is 27.7 Å². The monoisotopic (exact) mass is 314 g/mol. The minimum atomic E-state index is -0.508. The van der Waals surface area contributed by atoms with Crippen molar-refractivity contribution in [3.8, 4) is 17.2 Å². The molecule has 1 aromatic heterocycles. The average molecular weight is 315 g/mol.